The van der Waals surface area contributed by atoms with Crippen molar-refractivity contribution >= 4 is 28.6 Å². The van der Waals surface area contributed by atoms with Crippen LogP contribution in [0.2, 0.25) is 0 Å². The van der Waals surface area contributed by atoms with Crippen molar-refractivity contribution in [2.75, 3.05) is 0 Å². The zero-order valence-electron chi connectivity index (χ0n) is 11.5. The van der Waals surface area contributed by atoms with E-state index in [1.54, 1.807) is 13.2 Å². The van der Waals surface area contributed by atoms with E-state index in [-0.39, 0.29) is 12.6 Å². The average molecular weight is 320 g/mol. The van der Waals surface area contributed by atoms with Gasteiger partial charge >= 0.3 is 5.97 Å². The number of aryl methyl sites for hydroxylation is 2. The molecule has 0 N–H and O–H groups in total. The highest BCUT2D eigenvalue weighted by molar-refractivity contribution is 7.13. The standard InChI is InChI=1S/C14H12N2O3S2/c1-8-12(21-9(2)15-8)14(17)19-6-10-7-20-13(16-10)11-4-3-5-18-11/h3-5,7H,6H2,1-2H3. The number of aromatic nitrogens is 2. The second-order valence-corrected chi connectivity index (χ2v) is 6.41. The Morgan fingerprint density at radius 3 is 2.90 bits per heavy atom. The summed E-state index contributed by atoms with van der Waals surface area (Å²) in [6.07, 6.45) is 1.60. The second-order valence-electron chi connectivity index (χ2n) is 4.34. The van der Waals surface area contributed by atoms with Crippen LogP contribution in [-0.4, -0.2) is 15.9 Å². The van der Waals surface area contributed by atoms with Gasteiger partial charge in [-0.15, -0.1) is 22.7 Å². The number of nitrogens with zero attached hydrogens (tertiary/aromatic N) is 2. The fraction of sp³-hybridized carbons (Fsp3) is 0.214. The smallest absolute Gasteiger partial charge is 0.350 e. The molecule has 7 heteroatoms. The number of hydrogen-bond donors (Lipinski definition) is 0. The van der Waals surface area contributed by atoms with E-state index in [9.17, 15) is 4.79 Å². The summed E-state index contributed by atoms with van der Waals surface area (Å²) >= 11 is 2.80. The Bertz CT molecular complexity index is 759. The molecule has 3 rings (SSSR count). The maximum Gasteiger partial charge on any atom is 0.350 e. The van der Waals surface area contributed by atoms with E-state index in [1.807, 2.05) is 24.4 Å². The zero-order chi connectivity index (χ0) is 14.8. The quantitative estimate of drug-likeness (QED) is 0.683. The molecule has 0 saturated carbocycles. The van der Waals surface area contributed by atoms with E-state index in [1.165, 1.54) is 22.7 Å². The summed E-state index contributed by atoms with van der Waals surface area (Å²) in [7, 11) is 0. The Morgan fingerprint density at radius 2 is 2.24 bits per heavy atom. The van der Waals surface area contributed by atoms with Crippen molar-refractivity contribution in [2.45, 2.75) is 20.5 Å². The molecule has 3 heterocycles. The van der Waals surface area contributed by atoms with Crippen LogP contribution in [0.4, 0.5) is 0 Å². The van der Waals surface area contributed by atoms with Gasteiger partial charge in [0, 0.05) is 5.38 Å². The number of rotatable bonds is 4. The first kappa shape index (κ1) is 14.0. The predicted molar refractivity (Wildman–Crippen MR) is 80.5 cm³/mol. The molecule has 0 spiro atoms. The van der Waals surface area contributed by atoms with Crippen molar-refractivity contribution in [1.29, 1.82) is 0 Å². The lowest BCUT2D eigenvalue weighted by Gasteiger charge is -2.00. The Kier molecular flexibility index (Phi) is 3.85. The summed E-state index contributed by atoms with van der Waals surface area (Å²) in [6, 6.07) is 3.66. The summed E-state index contributed by atoms with van der Waals surface area (Å²) < 4.78 is 10.6. The molecule has 3 aromatic rings. The third kappa shape index (κ3) is 3.03. The summed E-state index contributed by atoms with van der Waals surface area (Å²) in [5, 5.41) is 3.49. The topological polar surface area (TPSA) is 65.2 Å². The monoisotopic (exact) mass is 320 g/mol. The normalized spacial score (nSPS) is 10.8. The molecule has 3 aromatic heterocycles. The van der Waals surface area contributed by atoms with Gasteiger partial charge < -0.3 is 9.15 Å². The molecule has 0 unspecified atom stereocenters. The molecule has 5 nitrogen and oxygen atoms in total. The highest BCUT2D eigenvalue weighted by Gasteiger charge is 2.16. The van der Waals surface area contributed by atoms with E-state index in [2.05, 4.69) is 9.97 Å². The van der Waals surface area contributed by atoms with Crippen LogP contribution in [0, 0.1) is 13.8 Å². The Balaban J connectivity index is 1.65. The first-order valence-corrected chi connectivity index (χ1v) is 7.92. The van der Waals surface area contributed by atoms with Crippen molar-refractivity contribution in [2.24, 2.45) is 0 Å². The van der Waals surface area contributed by atoms with Gasteiger partial charge in [0.1, 0.15) is 11.5 Å². The van der Waals surface area contributed by atoms with Gasteiger partial charge in [0.2, 0.25) is 0 Å². The van der Waals surface area contributed by atoms with Crippen LogP contribution in [0.25, 0.3) is 10.8 Å². The average Bonchev–Trinajstić information content (AvgIpc) is 3.15. The van der Waals surface area contributed by atoms with E-state index < -0.39 is 0 Å². The number of hydrogen-bond acceptors (Lipinski definition) is 7. The van der Waals surface area contributed by atoms with Crippen LogP contribution in [-0.2, 0) is 11.3 Å². The molecule has 0 aliphatic rings. The molecule has 0 atom stereocenters. The summed E-state index contributed by atoms with van der Waals surface area (Å²) in [5.74, 6) is 0.358. The molecule has 0 aliphatic carbocycles. The molecular formula is C14H12N2O3S2. The van der Waals surface area contributed by atoms with E-state index in [0.29, 0.717) is 22.0 Å². The first-order valence-electron chi connectivity index (χ1n) is 6.23. The fourth-order valence-corrected chi connectivity index (χ4v) is 3.40. The van der Waals surface area contributed by atoms with Gasteiger partial charge in [0.25, 0.3) is 0 Å². The van der Waals surface area contributed by atoms with E-state index in [0.717, 1.165) is 10.0 Å². The number of thiazole rings is 2. The van der Waals surface area contributed by atoms with Crippen LogP contribution in [0.15, 0.2) is 28.2 Å². The van der Waals surface area contributed by atoms with Crippen LogP contribution in [0.3, 0.4) is 0 Å². The maximum atomic E-state index is 12.0. The predicted octanol–water partition coefficient (Wildman–Crippen LogP) is 3.83. The second kappa shape index (κ2) is 5.79. The summed E-state index contributed by atoms with van der Waals surface area (Å²) in [5.41, 5.74) is 1.41. The number of carbonyl (C=O) groups is 1. The highest BCUT2D eigenvalue weighted by atomic mass is 32.1. The largest absolute Gasteiger partial charge is 0.462 e. The van der Waals surface area contributed by atoms with Gasteiger partial charge in [-0.2, -0.15) is 0 Å². The molecule has 108 valence electrons. The van der Waals surface area contributed by atoms with Crippen LogP contribution in [0.1, 0.15) is 26.1 Å². The molecule has 0 fully saturated rings. The number of furan rings is 1. The third-order valence-corrected chi connectivity index (χ3v) is 4.68. The third-order valence-electron chi connectivity index (χ3n) is 2.72. The minimum atomic E-state index is -0.356. The lowest BCUT2D eigenvalue weighted by Crippen LogP contribution is -2.05. The highest BCUT2D eigenvalue weighted by Crippen LogP contribution is 2.24. The molecule has 0 bridgehead atoms. The molecule has 0 radical (unpaired) electrons. The number of carbonyl (C=O) groups excluding carboxylic acids is 1. The van der Waals surface area contributed by atoms with Gasteiger partial charge in [-0.3, -0.25) is 0 Å². The fourth-order valence-electron chi connectivity index (χ4n) is 1.81. The lowest BCUT2D eigenvalue weighted by molar-refractivity contribution is 0.0473. The van der Waals surface area contributed by atoms with Crippen LogP contribution < -0.4 is 0 Å². The summed E-state index contributed by atoms with van der Waals surface area (Å²) in [6.45, 7) is 3.81. The van der Waals surface area contributed by atoms with Gasteiger partial charge in [-0.25, -0.2) is 14.8 Å². The van der Waals surface area contributed by atoms with Gasteiger partial charge in [-0.05, 0) is 26.0 Å². The Labute approximate surface area is 129 Å². The minimum Gasteiger partial charge on any atom is -0.462 e. The van der Waals surface area contributed by atoms with Crippen molar-refractivity contribution in [3.8, 4) is 10.8 Å². The maximum absolute atomic E-state index is 12.0. The minimum absolute atomic E-state index is 0.145. The van der Waals surface area contributed by atoms with Crippen molar-refractivity contribution < 1.29 is 13.9 Å². The zero-order valence-corrected chi connectivity index (χ0v) is 13.1. The number of esters is 1. The first-order chi connectivity index (χ1) is 10.1. The number of ether oxygens (including phenoxy) is 1. The van der Waals surface area contributed by atoms with Crippen molar-refractivity contribution in [3.63, 3.8) is 0 Å². The molecule has 0 aliphatic heterocycles. The van der Waals surface area contributed by atoms with Crippen LogP contribution >= 0.6 is 22.7 Å². The SMILES string of the molecule is Cc1nc(C)c(C(=O)OCc2csc(-c3ccco3)n2)s1. The molecule has 0 aromatic carbocycles. The molecule has 21 heavy (non-hydrogen) atoms. The lowest BCUT2D eigenvalue weighted by atomic mass is 10.4. The van der Waals surface area contributed by atoms with E-state index in [4.69, 9.17) is 9.15 Å². The molecule has 0 amide bonds. The van der Waals surface area contributed by atoms with Gasteiger partial charge in [0.05, 0.1) is 22.7 Å². The Hall–Kier alpha value is -1.99. The molecule has 0 saturated heterocycles. The van der Waals surface area contributed by atoms with Gasteiger partial charge in [-0.1, -0.05) is 0 Å². The van der Waals surface area contributed by atoms with Crippen LogP contribution in [0.5, 0.6) is 0 Å². The van der Waals surface area contributed by atoms with E-state index >= 15 is 0 Å². The summed E-state index contributed by atoms with van der Waals surface area (Å²) in [4.78, 5) is 21.1. The molecular weight excluding hydrogens is 308 g/mol. The van der Waals surface area contributed by atoms with Gasteiger partial charge in [0.15, 0.2) is 10.8 Å². The van der Waals surface area contributed by atoms with Crippen molar-refractivity contribution in [3.05, 3.63) is 45.0 Å². The van der Waals surface area contributed by atoms with Crippen molar-refractivity contribution in [1.82, 2.24) is 9.97 Å². The Morgan fingerprint density at radius 1 is 1.38 bits per heavy atom.